The molecule has 0 saturated carbocycles. The SMILES string of the molecule is CCOc1cc(/C=C2\Oc3cccc(OC)c3C2=O)ccc1O. The highest BCUT2D eigenvalue weighted by Gasteiger charge is 2.30. The van der Waals surface area contributed by atoms with Crippen LogP contribution < -0.4 is 14.2 Å². The Labute approximate surface area is 133 Å². The highest BCUT2D eigenvalue weighted by Crippen LogP contribution is 2.38. The molecule has 0 fully saturated rings. The van der Waals surface area contributed by atoms with Crippen molar-refractivity contribution in [2.24, 2.45) is 0 Å². The van der Waals surface area contributed by atoms with Gasteiger partial charge in [-0.3, -0.25) is 4.79 Å². The Morgan fingerprint density at radius 3 is 2.78 bits per heavy atom. The van der Waals surface area contributed by atoms with Gasteiger partial charge >= 0.3 is 0 Å². The van der Waals surface area contributed by atoms with Crippen molar-refractivity contribution in [3.63, 3.8) is 0 Å². The van der Waals surface area contributed by atoms with E-state index in [1.807, 2.05) is 6.92 Å². The van der Waals surface area contributed by atoms with Gasteiger partial charge in [-0.2, -0.15) is 0 Å². The minimum absolute atomic E-state index is 0.0534. The molecule has 0 saturated heterocycles. The van der Waals surface area contributed by atoms with Gasteiger partial charge in [-0.1, -0.05) is 12.1 Å². The summed E-state index contributed by atoms with van der Waals surface area (Å²) < 4.78 is 16.2. The van der Waals surface area contributed by atoms with Gasteiger partial charge in [0.1, 0.15) is 17.1 Å². The first-order chi connectivity index (χ1) is 11.1. The number of methoxy groups -OCH3 is 1. The Bertz CT molecular complexity index is 792. The van der Waals surface area contributed by atoms with Gasteiger partial charge in [0.05, 0.1) is 13.7 Å². The number of aromatic hydroxyl groups is 1. The number of phenols is 1. The number of phenolic OH excluding ortho intramolecular Hbond substituents is 1. The standard InChI is InChI=1S/C18H16O5/c1-3-22-15-9-11(7-8-12(15)19)10-16-18(20)17-13(21-2)5-4-6-14(17)23-16/h4-10,19H,3H2,1-2H3/b16-10-. The molecule has 3 rings (SSSR count). The first-order valence-electron chi connectivity index (χ1n) is 7.21. The van der Waals surface area contributed by atoms with Crippen molar-refractivity contribution in [3.05, 3.63) is 53.3 Å². The number of carbonyl (C=O) groups excluding carboxylic acids is 1. The van der Waals surface area contributed by atoms with Gasteiger partial charge in [0.25, 0.3) is 0 Å². The number of fused-ring (bicyclic) bond motifs is 1. The van der Waals surface area contributed by atoms with Crippen LogP contribution in [0, 0.1) is 0 Å². The topological polar surface area (TPSA) is 65.0 Å². The van der Waals surface area contributed by atoms with E-state index >= 15 is 0 Å². The maximum atomic E-state index is 12.5. The second kappa shape index (κ2) is 6.04. The Morgan fingerprint density at radius 2 is 2.04 bits per heavy atom. The van der Waals surface area contributed by atoms with Crippen LogP contribution in [0.25, 0.3) is 6.08 Å². The molecule has 1 N–H and O–H groups in total. The number of ketones is 1. The Morgan fingerprint density at radius 1 is 1.22 bits per heavy atom. The van der Waals surface area contributed by atoms with Crippen LogP contribution in [0.15, 0.2) is 42.2 Å². The summed E-state index contributed by atoms with van der Waals surface area (Å²) >= 11 is 0. The first-order valence-corrected chi connectivity index (χ1v) is 7.21. The van der Waals surface area contributed by atoms with Gasteiger partial charge in [-0.15, -0.1) is 0 Å². The van der Waals surface area contributed by atoms with Crippen LogP contribution in [-0.4, -0.2) is 24.6 Å². The molecule has 0 atom stereocenters. The number of hydrogen-bond donors (Lipinski definition) is 1. The van der Waals surface area contributed by atoms with Gasteiger partial charge in [0, 0.05) is 0 Å². The van der Waals surface area contributed by atoms with E-state index in [4.69, 9.17) is 14.2 Å². The number of benzene rings is 2. The molecule has 2 aromatic carbocycles. The Hall–Kier alpha value is -2.95. The van der Waals surface area contributed by atoms with E-state index in [1.165, 1.54) is 13.2 Å². The first kappa shape index (κ1) is 15.0. The molecule has 5 nitrogen and oxygen atoms in total. The van der Waals surface area contributed by atoms with Crippen LogP contribution in [0.5, 0.6) is 23.0 Å². The lowest BCUT2D eigenvalue weighted by Gasteiger charge is -2.06. The molecular weight excluding hydrogens is 296 g/mol. The lowest BCUT2D eigenvalue weighted by molar-refractivity contribution is 0.101. The van der Waals surface area contributed by atoms with E-state index in [9.17, 15) is 9.90 Å². The van der Waals surface area contributed by atoms with Crippen LogP contribution in [-0.2, 0) is 0 Å². The third-order valence-corrected chi connectivity index (χ3v) is 3.46. The zero-order chi connectivity index (χ0) is 16.4. The summed E-state index contributed by atoms with van der Waals surface area (Å²) in [4.78, 5) is 12.5. The molecule has 0 radical (unpaired) electrons. The zero-order valence-corrected chi connectivity index (χ0v) is 12.8. The molecule has 0 aliphatic carbocycles. The van der Waals surface area contributed by atoms with Crippen LogP contribution in [0.4, 0.5) is 0 Å². The number of rotatable bonds is 4. The van der Waals surface area contributed by atoms with Gasteiger partial charge in [-0.05, 0) is 42.8 Å². The number of Topliss-reactive ketones (excluding diaryl/α,β-unsaturated/α-hetero) is 1. The summed E-state index contributed by atoms with van der Waals surface area (Å²) in [6, 6.07) is 10.1. The second-order valence-corrected chi connectivity index (χ2v) is 4.93. The van der Waals surface area contributed by atoms with Crippen molar-refractivity contribution < 1.29 is 24.1 Å². The molecule has 0 bridgehead atoms. The summed E-state index contributed by atoms with van der Waals surface area (Å²) in [5.74, 6) is 1.35. The molecule has 1 aliphatic rings. The molecule has 23 heavy (non-hydrogen) atoms. The quantitative estimate of drug-likeness (QED) is 0.876. The van der Waals surface area contributed by atoms with Crippen LogP contribution in [0.1, 0.15) is 22.8 Å². The summed E-state index contributed by atoms with van der Waals surface area (Å²) in [5, 5.41) is 9.73. The minimum Gasteiger partial charge on any atom is -0.504 e. The molecule has 0 unspecified atom stereocenters. The van der Waals surface area contributed by atoms with Crippen molar-refractivity contribution in [1.82, 2.24) is 0 Å². The summed E-state index contributed by atoms with van der Waals surface area (Å²) in [6.45, 7) is 2.27. The predicted molar refractivity (Wildman–Crippen MR) is 85.2 cm³/mol. The molecule has 5 heteroatoms. The van der Waals surface area contributed by atoms with Crippen molar-refractivity contribution in [1.29, 1.82) is 0 Å². The molecule has 1 aliphatic heterocycles. The van der Waals surface area contributed by atoms with Gasteiger partial charge in [0.15, 0.2) is 17.3 Å². The molecule has 118 valence electrons. The molecule has 1 heterocycles. The van der Waals surface area contributed by atoms with E-state index in [2.05, 4.69) is 0 Å². The third-order valence-electron chi connectivity index (χ3n) is 3.46. The van der Waals surface area contributed by atoms with Gasteiger partial charge in [-0.25, -0.2) is 0 Å². The molecule has 2 aromatic rings. The normalized spacial score (nSPS) is 14.5. The summed E-state index contributed by atoms with van der Waals surface area (Å²) in [7, 11) is 1.51. The smallest absolute Gasteiger partial charge is 0.235 e. The Kier molecular flexibility index (Phi) is 3.93. The largest absolute Gasteiger partial charge is 0.504 e. The van der Waals surface area contributed by atoms with Crippen molar-refractivity contribution in [2.45, 2.75) is 6.92 Å². The Balaban J connectivity index is 1.96. The average Bonchev–Trinajstić information content (AvgIpc) is 2.87. The van der Waals surface area contributed by atoms with E-state index < -0.39 is 0 Å². The minimum atomic E-state index is -0.233. The van der Waals surface area contributed by atoms with Gasteiger partial charge in [0.2, 0.25) is 5.78 Å². The fourth-order valence-electron chi connectivity index (χ4n) is 2.42. The van der Waals surface area contributed by atoms with E-state index in [0.717, 1.165) is 0 Å². The van der Waals surface area contributed by atoms with E-state index in [1.54, 1.807) is 36.4 Å². The number of carbonyl (C=O) groups is 1. The molecule has 0 aromatic heterocycles. The number of allylic oxidation sites excluding steroid dienone is 1. The van der Waals surface area contributed by atoms with Crippen molar-refractivity contribution in [3.8, 4) is 23.0 Å². The lowest BCUT2D eigenvalue weighted by Crippen LogP contribution is -2.00. The van der Waals surface area contributed by atoms with Gasteiger partial charge < -0.3 is 19.3 Å². The highest BCUT2D eigenvalue weighted by atomic mass is 16.5. The summed E-state index contributed by atoms with van der Waals surface area (Å²) in [5.41, 5.74) is 1.12. The zero-order valence-electron chi connectivity index (χ0n) is 12.8. The average molecular weight is 312 g/mol. The fourth-order valence-corrected chi connectivity index (χ4v) is 2.42. The maximum Gasteiger partial charge on any atom is 0.235 e. The van der Waals surface area contributed by atoms with Crippen LogP contribution >= 0.6 is 0 Å². The lowest BCUT2D eigenvalue weighted by atomic mass is 10.1. The molecular formula is C18H16O5. The van der Waals surface area contributed by atoms with E-state index in [-0.39, 0.29) is 17.3 Å². The fraction of sp³-hybridized carbons (Fsp3) is 0.167. The summed E-state index contributed by atoms with van der Waals surface area (Å²) in [6.07, 6.45) is 1.61. The third kappa shape index (κ3) is 2.73. The monoisotopic (exact) mass is 312 g/mol. The number of hydrogen-bond acceptors (Lipinski definition) is 5. The van der Waals surface area contributed by atoms with Crippen molar-refractivity contribution >= 4 is 11.9 Å². The second-order valence-electron chi connectivity index (χ2n) is 4.93. The van der Waals surface area contributed by atoms with Crippen molar-refractivity contribution in [2.75, 3.05) is 13.7 Å². The molecule has 0 amide bonds. The van der Waals surface area contributed by atoms with E-state index in [0.29, 0.717) is 35.0 Å². The van der Waals surface area contributed by atoms with Crippen LogP contribution in [0.3, 0.4) is 0 Å². The predicted octanol–water partition coefficient (Wildman–Crippen LogP) is 3.42. The van der Waals surface area contributed by atoms with Crippen LogP contribution in [0.2, 0.25) is 0 Å². The number of ether oxygens (including phenoxy) is 3. The molecule has 0 spiro atoms. The maximum absolute atomic E-state index is 12.5. The highest BCUT2D eigenvalue weighted by molar-refractivity contribution is 6.16.